The molecule has 19 heavy (non-hydrogen) atoms. The molecule has 0 fully saturated rings. The summed E-state index contributed by atoms with van der Waals surface area (Å²) in [6.45, 7) is 1.87. The number of rotatable bonds is 5. The maximum Gasteiger partial charge on any atom is 0.235 e. The lowest BCUT2D eigenvalue weighted by Gasteiger charge is -2.15. The van der Waals surface area contributed by atoms with Crippen molar-refractivity contribution in [1.82, 2.24) is 0 Å². The maximum atomic E-state index is 13.6. The van der Waals surface area contributed by atoms with Gasteiger partial charge >= 0.3 is 0 Å². The highest BCUT2D eigenvalue weighted by Gasteiger charge is 2.23. The summed E-state index contributed by atoms with van der Waals surface area (Å²) in [6, 6.07) is 4.36. The Morgan fingerprint density at radius 1 is 1.63 bits per heavy atom. The van der Waals surface area contributed by atoms with Gasteiger partial charge in [-0.05, 0) is 34.5 Å². The van der Waals surface area contributed by atoms with E-state index in [9.17, 15) is 9.18 Å². The molecule has 1 amide bonds. The van der Waals surface area contributed by atoms with Gasteiger partial charge in [0.2, 0.25) is 5.91 Å². The van der Waals surface area contributed by atoms with Crippen LogP contribution in [0.4, 0.5) is 10.1 Å². The number of amidine groups is 1. The zero-order valence-corrected chi connectivity index (χ0v) is 11.9. The molecule has 0 saturated heterocycles. The predicted octanol–water partition coefficient (Wildman–Crippen LogP) is 2.69. The molecule has 0 radical (unpaired) electrons. The average molecular weight is 332 g/mol. The van der Waals surface area contributed by atoms with Gasteiger partial charge in [-0.25, -0.2) is 4.39 Å². The molecule has 0 aromatic heterocycles. The molecule has 104 valence electrons. The summed E-state index contributed by atoms with van der Waals surface area (Å²) in [7, 11) is 0. The lowest BCUT2D eigenvalue weighted by molar-refractivity contribution is -0.118. The van der Waals surface area contributed by atoms with E-state index in [0.717, 1.165) is 0 Å². The summed E-state index contributed by atoms with van der Waals surface area (Å²) in [6.07, 6.45) is 1.08. The molecule has 1 aromatic rings. The van der Waals surface area contributed by atoms with Crippen LogP contribution in [-0.2, 0) is 4.79 Å². The zero-order valence-electron chi connectivity index (χ0n) is 10.4. The van der Waals surface area contributed by atoms with E-state index >= 15 is 0 Å². The van der Waals surface area contributed by atoms with Crippen LogP contribution in [0, 0.1) is 11.7 Å². The number of halogens is 2. The Bertz CT molecular complexity index is 474. The first-order valence-corrected chi connectivity index (χ1v) is 6.52. The van der Waals surface area contributed by atoms with Crippen LogP contribution < -0.4 is 11.1 Å². The fraction of sp³-hybridized carbons (Fsp3) is 0.333. The van der Waals surface area contributed by atoms with Gasteiger partial charge in [0.1, 0.15) is 5.82 Å². The fourth-order valence-electron chi connectivity index (χ4n) is 1.60. The molecule has 5 nitrogen and oxygen atoms in total. The Morgan fingerprint density at radius 2 is 2.32 bits per heavy atom. The van der Waals surface area contributed by atoms with Crippen LogP contribution in [0.5, 0.6) is 0 Å². The molecule has 1 rings (SSSR count). The molecule has 7 heteroatoms. The number of amides is 1. The van der Waals surface area contributed by atoms with Gasteiger partial charge in [0, 0.05) is 4.47 Å². The van der Waals surface area contributed by atoms with Crippen LogP contribution in [0.15, 0.2) is 27.8 Å². The molecule has 0 heterocycles. The van der Waals surface area contributed by atoms with Crippen molar-refractivity contribution in [2.75, 3.05) is 5.32 Å². The predicted molar refractivity (Wildman–Crippen MR) is 74.5 cm³/mol. The van der Waals surface area contributed by atoms with Gasteiger partial charge < -0.3 is 16.3 Å². The average Bonchev–Trinajstić information content (AvgIpc) is 2.39. The molecule has 1 unspecified atom stereocenters. The molecule has 0 saturated carbocycles. The second kappa shape index (κ2) is 7.08. The molecule has 0 spiro atoms. The van der Waals surface area contributed by atoms with Crippen molar-refractivity contribution < 1.29 is 14.4 Å². The number of nitrogens with one attached hydrogen (secondary N) is 1. The lowest BCUT2D eigenvalue weighted by Crippen LogP contribution is -2.35. The second-order valence-electron chi connectivity index (χ2n) is 3.95. The van der Waals surface area contributed by atoms with Gasteiger partial charge in [-0.3, -0.25) is 4.79 Å². The van der Waals surface area contributed by atoms with E-state index in [-0.39, 0.29) is 11.5 Å². The van der Waals surface area contributed by atoms with E-state index in [4.69, 9.17) is 10.9 Å². The Kier molecular flexibility index (Phi) is 5.75. The summed E-state index contributed by atoms with van der Waals surface area (Å²) >= 11 is 3.15. The van der Waals surface area contributed by atoms with Crippen molar-refractivity contribution in [2.24, 2.45) is 16.8 Å². The van der Waals surface area contributed by atoms with Crippen molar-refractivity contribution in [3.05, 3.63) is 28.5 Å². The maximum absolute atomic E-state index is 13.6. The van der Waals surface area contributed by atoms with Crippen LogP contribution in [-0.4, -0.2) is 17.0 Å². The minimum absolute atomic E-state index is 0.0411. The number of nitrogens with two attached hydrogens (primary N) is 1. The Hall–Kier alpha value is -1.63. The van der Waals surface area contributed by atoms with Crippen LogP contribution >= 0.6 is 15.9 Å². The van der Waals surface area contributed by atoms with E-state index in [2.05, 4.69) is 26.4 Å². The molecule has 1 atom stereocenters. The Balaban J connectivity index is 2.94. The van der Waals surface area contributed by atoms with E-state index < -0.39 is 17.6 Å². The van der Waals surface area contributed by atoms with Crippen LogP contribution in [0.3, 0.4) is 0 Å². The number of anilines is 1. The molecule has 0 aliphatic rings. The van der Waals surface area contributed by atoms with Gasteiger partial charge in [-0.15, -0.1) is 0 Å². The van der Waals surface area contributed by atoms with Crippen LogP contribution in [0.1, 0.15) is 19.8 Å². The van der Waals surface area contributed by atoms with Gasteiger partial charge in [-0.2, -0.15) is 0 Å². The zero-order chi connectivity index (χ0) is 14.4. The van der Waals surface area contributed by atoms with Gasteiger partial charge in [0.15, 0.2) is 5.84 Å². The molecular formula is C12H15BrFN3O2. The largest absolute Gasteiger partial charge is 0.409 e. The number of oxime groups is 1. The Morgan fingerprint density at radius 3 is 2.84 bits per heavy atom. The standard InChI is InChI=1S/C12H15BrFN3O2/c1-2-4-7(11(15)17-19)12(18)16-10-8(13)5-3-6-9(10)14/h3,5-7,19H,2,4H2,1H3,(H2,15,17)(H,16,18). The topological polar surface area (TPSA) is 87.7 Å². The number of hydrogen-bond acceptors (Lipinski definition) is 3. The van der Waals surface area contributed by atoms with Crippen molar-refractivity contribution >= 4 is 33.4 Å². The molecule has 0 bridgehead atoms. The summed E-state index contributed by atoms with van der Waals surface area (Å²) in [5.41, 5.74) is 5.51. The van der Waals surface area contributed by atoms with Crippen molar-refractivity contribution in [3.8, 4) is 0 Å². The first-order valence-electron chi connectivity index (χ1n) is 5.73. The third kappa shape index (κ3) is 3.92. The lowest BCUT2D eigenvalue weighted by atomic mass is 10.0. The smallest absolute Gasteiger partial charge is 0.235 e. The highest BCUT2D eigenvalue weighted by molar-refractivity contribution is 9.10. The first kappa shape index (κ1) is 15.4. The number of hydrogen-bond donors (Lipinski definition) is 3. The van der Waals surface area contributed by atoms with Crippen LogP contribution in [0.2, 0.25) is 0 Å². The molecule has 0 aliphatic heterocycles. The highest BCUT2D eigenvalue weighted by Crippen LogP contribution is 2.26. The molecule has 4 N–H and O–H groups in total. The quantitative estimate of drug-likeness (QED) is 0.335. The number of nitrogens with zero attached hydrogens (tertiary/aromatic N) is 1. The fourth-order valence-corrected chi connectivity index (χ4v) is 2.04. The highest BCUT2D eigenvalue weighted by atomic mass is 79.9. The van der Waals surface area contributed by atoms with Gasteiger partial charge in [0.05, 0.1) is 11.6 Å². The monoisotopic (exact) mass is 331 g/mol. The van der Waals surface area contributed by atoms with Gasteiger partial charge in [-0.1, -0.05) is 24.6 Å². The van der Waals surface area contributed by atoms with E-state index in [1.54, 1.807) is 6.07 Å². The van der Waals surface area contributed by atoms with Crippen molar-refractivity contribution in [2.45, 2.75) is 19.8 Å². The van der Waals surface area contributed by atoms with E-state index in [0.29, 0.717) is 17.3 Å². The minimum atomic E-state index is -0.790. The summed E-state index contributed by atoms with van der Waals surface area (Å²) in [4.78, 5) is 12.0. The Labute approximate surface area is 118 Å². The van der Waals surface area contributed by atoms with Crippen molar-refractivity contribution in [3.63, 3.8) is 0 Å². The van der Waals surface area contributed by atoms with Gasteiger partial charge in [0.25, 0.3) is 0 Å². The normalized spacial score (nSPS) is 13.1. The molecular weight excluding hydrogens is 317 g/mol. The number of benzene rings is 1. The third-order valence-electron chi connectivity index (χ3n) is 2.58. The summed E-state index contributed by atoms with van der Waals surface area (Å²) in [5, 5.41) is 13.9. The molecule has 0 aliphatic carbocycles. The van der Waals surface area contributed by atoms with Crippen LogP contribution in [0.25, 0.3) is 0 Å². The summed E-state index contributed by atoms with van der Waals surface area (Å²) in [5.74, 6) is -2.05. The minimum Gasteiger partial charge on any atom is -0.409 e. The number of carbonyl (C=O) groups is 1. The van der Waals surface area contributed by atoms with E-state index in [1.807, 2.05) is 6.92 Å². The van der Waals surface area contributed by atoms with Crippen molar-refractivity contribution in [1.29, 1.82) is 0 Å². The number of carbonyl (C=O) groups excluding carboxylic acids is 1. The first-order chi connectivity index (χ1) is 9.01. The second-order valence-corrected chi connectivity index (χ2v) is 4.81. The third-order valence-corrected chi connectivity index (χ3v) is 3.24. The number of para-hydroxylation sites is 1. The van der Waals surface area contributed by atoms with E-state index in [1.165, 1.54) is 12.1 Å². The SMILES string of the molecule is CCCC(C(=O)Nc1c(F)cccc1Br)/C(N)=N/O. The molecule has 1 aromatic carbocycles. The summed E-state index contributed by atoms with van der Waals surface area (Å²) < 4.78 is 14.0.